The van der Waals surface area contributed by atoms with E-state index >= 15 is 0 Å². The molecule has 0 fully saturated rings. The summed E-state index contributed by atoms with van der Waals surface area (Å²) in [6.45, 7) is 1.49. The first-order chi connectivity index (χ1) is 10.6. The zero-order chi connectivity index (χ0) is 15.7. The molecule has 0 spiro atoms. The van der Waals surface area contributed by atoms with Crippen LogP contribution in [0.1, 0.15) is 22.6 Å². The molecule has 3 rings (SSSR count). The minimum Gasteiger partial charge on any atom is -0.507 e. The molecule has 0 radical (unpaired) electrons. The number of ether oxygens (including phenoxy) is 2. The molecular formula is C16H15NO5. The predicted molar refractivity (Wildman–Crippen MR) is 79.1 cm³/mol. The third-order valence-electron chi connectivity index (χ3n) is 3.81. The van der Waals surface area contributed by atoms with E-state index in [4.69, 9.17) is 9.47 Å². The van der Waals surface area contributed by atoms with Crippen molar-refractivity contribution in [1.82, 2.24) is 0 Å². The maximum atomic E-state index is 11.1. The van der Waals surface area contributed by atoms with Gasteiger partial charge >= 0.3 is 0 Å². The first kappa shape index (κ1) is 14.2. The molecule has 1 heterocycles. The molecule has 6 heteroatoms. The fourth-order valence-corrected chi connectivity index (χ4v) is 2.71. The number of hydrogen-bond donors (Lipinski definition) is 1. The fraction of sp³-hybridized carbons (Fsp3) is 0.250. The standard InChI is InChI=1S/C16H15NO5/c1-10-15(18)12(7-14-16(10)22-9-21-14)13(8-17(19)20)11-5-3-2-4-6-11/h2-7,13,18H,8-9H2,1H3. The van der Waals surface area contributed by atoms with E-state index in [1.54, 1.807) is 13.0 Å². The zero-order valence-electron chi connectivity index (χ0n) is 12.0. The maximum absolute atomic E-state index is 11.1. The lowest BCUT2D eigenvalue weighted by atomic mass is 9.89. The molecule has 1 aliphatic heterocycles. The molecule has 2 aromatic rings. The van der Waals surface area contributed by atoms with Crippen molar-refractivity contribution in [2.45, 2.75) is 12.8 Å². The number of phenolic OH excluding ortho intramolecular Hbond substituents is 1. The topological polar surface area (TPSA) is 81.8 Å². The van der Waals surface area contributed by atoms with Crippen LogP contribution in [0.25, 0.3) is 0 Å². The number of aromatic hydroxyl groups is 1. The van der Waals surface area contributed by atoms with Gasteiger partial charge in [0.1, 0.15) is 5.75 Å². The van der Waals surface area contributed by atoms with Gasteiger partial charge in [0, 0.05) is 16.1 Å². The lowest BCUT2D eigenvalue weighted by Gasteiger charge is -2.17. The van der Waals surface area contributed by atoms with E-state index < -0.39 is 5.92 Å². The van der Waals surface area contributed by atoms with Gasteiger partial charge < -0.3 is 14.6 Å². The van der Waals surface area contributed by atoms with Crippen LogP contribution in [0.3, 0.4) is 0 Å². The van der Waals surface area contributed by atoms with Crippen LogP contribution >= 0.6 is 0 Å². The molecule has 114 valence electrons. The Morgan fingerprint density at radius 1 is 1.32 bits per heavy atom. The Morgan fingerprint density at radius 2 is 2.05 bits per heavy atom. The molecule has 0 aromatic heterocycles. The van der Waals surface area contributed by atoms with Crippen molar-refractivity contribution in [3.8, 4) is 17.2 Å². The number of nitro groups is 1. The third-order valence-corrected chi connectivity index (χ3v) is 3.81. The molecule has 0 amide bonds. The van der Waals surface area contributed by atoms with E-state index in [-0.39, 0.29) is 24.0 Å². The van der Waals surface area contributed by atoms with Gasteiger partial charge in [-0.3, -0.25) is 10.1 Å². The highest BCUT2D eigenvalue weighted by Crippen LogP contribution is 2.45. The van der Waals surface area contributed by atoms with Crippen LogP contribution in [0.4, 0.5) is 0 Å². The van der Waals surface area contributed by atoms with Gasteiger partial charge in [-0.05, 0) is 18.6 Å². The minimum atomic E-state index is -0.551. The Bertz CT molecular complexity index is 714. The highest BCUT2D eigenvalue weighted by Gasteiger charge is 2.29. The summed E-state index contributed by atoms with van der Waals surface area (Å²) in [5, 5.41) is 21.5. The van der Waals surface area contributed by atoms with E-state index in [9.17, 15) is 15.2 Å². The lowest BCUT2D eigenvalue weighted by molar-refractivity contribution is -0.481. The first-order valence-electron chi connectivity index (χ1n) is 6.86. The van der Waals surface area contributed by atoms with E-state index in [1.807, 2.05) is 30.3 Å². The largest absolute Gasteiger partial charge is 0.507 e. The van der Waals surface area contributed by atoms with Crippen LogP contribution in [-0.2, 0) is 0 Å². The second-order valence-corrected chi connectivity index (χ2v) is 5.15. The summed E-state index contributed by atoms with van der Waals surface area (Å²) >= 11 is 0. The Labute approximate surface area is 127 Å². The van der Waals surface area contributed by atoms with Crippen LogP contribution in [-0.4, -0.2) is 23.4 Å². The van der Waals surface area contributed by atoms with E-state index in [0.29, 0.717) is 22.6 Å². The lowest BCUT2D eigenvalue weighted by Crippen LogP contribution is -2.14. The summed E-state index contributed by atoms with van der Waals surface area (Å²) in [6, 6.07) is 10.7. The van der Waals surface area contributed by atoms with Crippen LogP contribution in [0.15, 0.2) is 36.4 Å². The van der Waals surface area contributed by atoms with Crippen LogP contribution < -0.4 is 9.47 Å². The van der Waals surface area contributed by atoms with Crippen molar-refractivity contribution in [3.63, 3.8) is 0 Å². The van der Waals surface area contributed by atoms with Gasteiger partial charge in [0.2, 0.25) is 13.3 Å². The second kappa shape index (κ2) is 5.55. The van der Waals surface area contributed by atoms with Crippen LogP contribution in [0.5, 0.6) is 17.2 Å². The summed E-state index contributed by atoms with van der Waals surface area (Å²) in [7, 11) is 0. The molecule has 2 aromatic carbocycles. The summed E-state index contributed by atoms with van der Waals surface area (Å²) < 4.78 is 10.7. The van der Waals surface area contributed by atoms with Gasteiger partial charge in [0.05, 0.1) is 5.92 Å². The molecule has 1 aliphatic rings. The number of nitrogens with zero attached hydrogens (tertiary/aromatic N) is 1. The van der Waals surface area contributed by atoms with Crippen molar-refractivity contribution in [1.29, 1.82) is 0 Å². The van der Waals surface area contributed by atoms with Crippen LogP contribution in [0, 0.1) is 17.0 Å². The maximum Gasteiger partial charge on any atom is 0.231 e. The summed E-state index contributed by atoms with van der Waals surface area (Å²) in [4.78, 5) is 10.7. The van der Waals surface area contributed by atoms with Gasteiger partial charge in [-0.25, -0.2) is 0 Å². The molecular weight excluding hydrogens is 286 g/mol. The Balaban J connectivity index is 2.13. The summed E-state index contributed by atoms with van der Waals surface area (Å²) in [5.74, 6) is 0.466. The average Bonchev–Trinajstić information content (AvgIpc) is 2.98. The number of rotatable bonds is 4. The smallest absolute Gasteiger partial charge is 0.231 e. The van der Waals surface area contributed by atoms with Crippen molar-refractivity contribution >= 4 is 0 Å². The van der Waals surface area contributed by atoms with Crippen molar-refractivity contribution < 1.29 is 19.5 Å². The second-order valence-electron chi connectivity index (χ2n) is 5.15. The van der Waals surface area contributed by atoms with Gasteiger partial charge in [-0.2, -0.15) is 0 Å². The monoisotopic (exact) mass is 301 g/mol. The van der Waals surface area contributed by atoms with Gasteiger partial charge in [0.25, 0.3) is 0 Å². The Morgan fingerprint density at radius 3 is 2.73 bits per heavy atom. The molecule has 1 atom stereocenters. The molecule has 0 bridgehead atoms. The van der Waals surface area contributed by atoms with Crippen LogP contribution in [0.2, 0.25) is 0 Å². The summed E-state index contributed by atoms with van der Waals surface area (Å²) in [6.07, 6.45) is 0. The number of phenols is 1. The molecule has 1 unspecified atom stereocenters. The zero-order valence-corrected chi connectivity index (χ0v) is 12.0. The average molecular weight is 301 g/mol. The van der Waals surface area contributed by atoms with E-state index in [0.717, 1.165) is 5.56 Å². The highest BCUT2D eigenvalue weighted by molar-refractivity contribution is 5.60. The first-order valence-corrected chi connectivity index (χ1v) is 6.86. The van der Waals surface area contributed by atoms with Crippen molar-refractivity contribution in [2.75, 3.05) is 13.3 Å². The number of hydrogen-bond acceptors (Lipinski definition) is 5. The van der Waals surface area contributed by atoms with Gasteiger partial charge in [-0.15, -0.1) is 0 Å². The quantitative estimate of drug-likeness (QED) is 0.693. The molecule has 0 saturated carbocycles. The number of benzene rings is 2. The molecule has 1 N–H and O–H groups in total. The normalized spacial score (nSPS) is 13.9. The third kappa shape index (κ3) is 2.43. The molecule has 6 nitrogen and oxygen atoms in total. The minimum absolute atomic E-state index is 0.0138. The highest BCUT2D eigenvalue weighted by atomic mass is 16.7. The number of fused-ring (bicyclic) bond motifs is 1. The molecule has 22 heavy (non-hydrogen) atoms. The molecule has 0 aliphatic carbocycles. The van der Waals surface area contributed by atoms with E-state index in [2.05, 4.69) is 0 Å². The Hall–Kier alpha value is -2.76. The van der Waals surface area contributed by atoms with Crippen molar-refractivity contribution in [2.24, 2.45) is 0 Å². The van der Waals surface area contributed by atoms with E-state index in [1.165, 1.54) is 0 Å². The predicted octanol–water partition coefficient (Wildman–Crippen LogP) is 2.84. The molecule has 0 saturated heterocycles. The summed E-state index contributed by atoms with van der Waals surface area (Å²) in [5.41, 5.74) is 1.78. The fourth-order valence-electron chi connectivity index (χ4n) is 2.71. The van der Waals surface area contributed by atoms with Gasteiger partial charge in [-0.1, -0.05) is 30.3 Å². The van der Waals surface area contributed by atoms with Crippen molar-refractivity contribution in [3.05, 3.63) is 63.2 Å². The SMILES string of the molecule is Cc1c(O)c(C(C[N+](=O)[O-])c2ccccc2)cc2c1OCO2. The van der Waals surface area contributed by atoms with Gasteiger partial charge in [0.15, 0.2) is 11.5 Å². The Kier molecular flexibility index (Phi) is 3.58.